The standard InChI is InChI=1S/C23H23ClF3N5O2/c24-21-16(12-28-32(22(21)33)20-7-3-4-10-34-20)14-8-9-19-18(11-14)29-30-31(19)13-15-5-1-2-6-17(15)23(25,26)27/h1-2,5-6,12,14,20H,3-4,7-11,13H2. The number of halogens is 4. The fraction of sp³-hybridized carbons (Fsp3) is 0.478. The molecule has 7 nitrogen and oxygen atoms in total. The molecule has 1 aromatic carbocycles. The Morgan fingerprint density at radius 1 is 1.18 bits per heavy atom. The fourth-order valence-corrected chi connectivity index (χ4v) is 5.09. The van der Waals surface area contributed by atoms with Crippen LogP contribution in [0.4, 0.5) is 13.2 Å². The molecule has 1 aliphatic heterocycles. The van der Waals surface area contributed by atoms with Gasteiger partial charge in [-0.15, -0.1) is 5.10 Å². The van der Waals surface area contributed by atoms with Crippen molar-refractivity contribution >= 4 is 11.6 Å². The molecule has 1 aliphatic carbocycles. The average molecular weight is 494 g/mol. The smallest absolute Gasteiger partial charge is 0.356 e. The van der Waals surface area contributed by atoms with E-state index in [1.54, 1.807) is 12.3 Å². The van der Waals surface area contributed by atoms with Crippen LogP contribution in [0.2, 0.25) is 5.02 Å². The van der Waals surface area contributed by atoms with Gasteiger partial charge in [-0.05, 0) is 55.2 Å². The minimum atomic E-state index is -4.44. The van der Waals surface area contributed by atoms with Crippen LogP contribution in [0.15, 0.2) is 35.3 Å². The molecule has 5 rings (SSSR count). The molecular formula is C23H23ClF3N5O2. The molecule has 2 atom stereocenters. The average Bonchev–Trinajstić information content (AvgIpc) is 3.23. The van der Waals surface area contributed by atoms with Crippen LogP contribution in [-0.4, -0.2) is 31.4 Å². The Kier molecular flexibility index (Phi) is 6.20. The molecule has 2 aliphatic rings. The molecule has 0 spiro atoms. The van der Waals surface area contributed by atoms with Crippen molar-refractivity contribution in [2.75, 3.05) is 6.61 Å². The van der Waals surface area contributed by atoms with Crippen LogP contribution in [-0.2, 0) is 30.3 Å². The lowest BCUT2D eigenvalue weighted by atomic mass is 9.85. The van der Waals surface area contributed by atoms with Crippen LogP contribution in [0, 0.1) is 0 Å². The highest BCUT2D eigenvalue weighted by Gasteiger charge is 2.34. The lowest BCUT2D eigenvalue weighted by Crippen LogP contribution is -2.32. The molecule has 0 N–H and O–H groups in total. The first-order chi connectivity index (χ1) is 16.3. The third-order valence-electron chi connectivity index (χ3n) is 6.57. The molecule has 1 saturated heterocycles. The normalized spacial score (nSPS) is 20.8. The van der Waals surface area contributed by atoms with E-state index in [0.717, 1.165) is 31.0 Å². The number of benzene rings is 1. The summed E-state index contributed by atoms with van der Waals surface area (Å²) in [5.74, 6) is -0.0743. The Morgan fingerprint density at radius 2 is 2.00 bits per heavy atom. The number of hydrogen-bond acceptors (Lipinski definition) is 5. The summed E-state index contributed by atoms with van der Waals surface area (Å²) in [7, 11) is 0. The van der Waals surface area contributed by atoms with Crippen LogP contribution in [0.5, 0.6) is 0 Å². The summed E-state index contributed by atoms with van der Waals surface area (Å²) in [6.07, 6.45) is 1.15. The lowest BCUT2D eigenvalue weighted by Gasteiger charge is -2.26. The number of alkyl halides is 3. The van der Waals surface area contributed by atoms with E-state index in [1.165, 1.54) is 21.5 Å². The second-order valence-corrected chi connectivity index (χ2v) is 9.10. The third kappa shape index (κ3) is 4.36. The molecule has 3 aromatic rings. The summed E-state index contributed by atoms with van der Waals surface area (Å²) in [6.45, 7) is 0.578. The minimum absolute atomic E-state index is 0.0115. The van der Waals surface area contributed by atoms with Gasteiger partial charge in [0.2, 0.25) is 0 Å². The molecule has 180 valence electrons. The first-order valence-electron chi connectivity index (χ1n) is 11.3. The Morgan fingerprint density at radius 3 is 2.76 bits per heavy atom. The van der Waals surface area contributed by atoms with Crippen molar-refractivity contribution in [1.82, 2.24) is 24.8 Å². The predicted molar refractivity (Wildman–Crippen MR) is 118 cm³/mol. The highest BCUT2D eigenvalue weighted by molar-refractivity contribution is 6.31. The van der Waals surface area contributed by atoms with Gasteiger partial charge in [0.25, 0.3) is 5.56 Å². The largest absolute Gasteiger partial charge is 0.416 e. The van der Waals surface area contributed by atoms with Gasteiger partial charge in [0, 0.05) is 13.0 Å². The molecular weight excluding hydrogens is 471 g/mol. The zero-order valence-corrected chi connectivity index (χ0v) is 19.0. The zero-order chi connectivity index (χ0) is 23.9. The second-order valence-electron chi connectivity index (χ2n) is 8.72. The molecule has 0 amide bonds. The summed E-state index contributed by atoms with van der Waals surface area (Å²) in [5.41, 5.74) is 1.27. The van der Waals surface area contributed by atoms with Crippen molar-refractivity contribution in [2.24, 2.45) is 0 Å². The molecule has 3 heterocycles. The number of nitrogens with zero attached hydrogens (tertiary/aromatic N) is 5. The highest BCUT2D eigenvalue weighted by Crippen LogP contribution is 2.36. The van der Waals surface area contributed by atoms with Crippen LogP contribution in [0.25, 0.3) is 0 Å². The summed E-state index contributed by atoms with van der Waals surface area (Å²) in [4.78, 5) is 12.9. The molecule has 1 fully saturated rings. The topological polar surface area (TPSA) is 74.8 Å². The fourth-order valence-electron chi connectivity index (χ4n) is 4.80. The molecule has 0 bridgehead atoms. The van der Waals surface area contributed by atoms with E-state index in [1.807, 2.05) is 0 Å². The van der Waals surface area contributed by atoms with E-state index in [9.17, 15) is 18.0 Å². The summed E-state index contributed by atoms with van der Waals surface area (Å²) < 4.78 is 48.6. The molecule has 2 aromatic heterocycles. The Bertz CT molecular complexity index is 1250. The summed E-state index contributed by atoms with van der Waals surface area (Å²) in [5, 5.41) is 12.8. The van der Waals surface area contributed by atoms with Gasteiger partial charge >= 0.3 is 6.18 Å². The van der Waals surface area contributed by atoms with Crippen molar-refractivity contribution in [3.05, 3.63) is 73.9 Å². The number of hydrogen-bond donors (Lipinski definition) is 0. The van der Waals surface area contributed by atoms with Crippen LogP contribution in [0.3, 0.4) is 0 Å². The minimum Gasteiger partial charge on any atom is -0.356 e. The van der Waals surface area contributed by atoms with Gasteiger partial charge in [0.1, 0.15) is 5.02 Å². The van der Waals surface area contributed by atoms with E-state index in [2.05, 4.69) is 15.4 Å². The van der Waals surface area contributed by atoms with Crippen molar-refractivity contribution in [3.63, 3.8) is 0 Å². The van der Waals surface area contributed by atoms with Crippen molar-refractivity contribution in [3.8, 4) is 0 Å². The highest BCUT2D eigenvalue weighted by atomic mass is 35.5. The Balaban J connectivity index is 1.37. The van der Waals surface area contributed by atoms with E-state index < -0.39 is 18.0 Å². The SMILES string of the molecule is O=c1c(Cl)c(C2CCc3c(nnn3Cc3ccccc3C(F)(F)F)C2)cnn1C1CCCCO1. The zero-order valence-electron chi connectivity index (χ0n) is 18.3. The molecule has 11 heteroatoms. The number of fused-ring (bicyclic) bond motifs is 1. The Hall–Kier alpha value is -2.72. The van der Waals surface area contributed by atoms with Gasteiger partial charge in [-0.3, -0.25) is 4.79 Å². The quantitative estimate of drug-likeness (QED) is 0.534. The molecule has 34 heavy (non-hydrogen) atoms. The first kappa shape index (κ1) is 23.0. The van der Waals surface area contributed by atoms with Crippen LogP contribution >= 0.6 is 11.6 Å². The van der Waals surface area contributed by atoms with Gasteiger partial charge in [-0.25, -0.2) is 4.68 Å². The second kappa shape index (κ2) is 9.14. The Labute approximate surface area is 198 Å². The van der Waals surface area contributed by atoms with Crippen molar-refractivity contribution in [1.29, 1.82) is 0 Å². The van der Waals surface area contributed by atoms with Gasteiger partial charge in [0.05, 0.1) is 29.7 Å². The van der Waals surface area contributed by atoms with Gasteiger partial charge in [-0.1, -0.05) is 35.0 Å². The van der Waals surface area contributed by atoms with Gasteiger partial charge in [-0.2, -0.15) is 23.0 Å². The number of aromatic nitrogens is 5. The summed E-state index contributed by atoms with van der Waals surface area (Å²) >= 11 is 6.47. The van der Waals surface area contributed by atoms with Crippen molar-refractivity contribution < 1.29 is 17.9 Å². The lowest BCUT2D eigenvalue weighted by molar-refractivity contribution is -0.138. The maximum absolute atomic E-state index is 13.4. The maximum atomic E-state index is 13.4. The monoisotopic (exact) mass is 493 g/mol. The number of ether oxygens (including phenoxy) is 1. The summed E-state index contributed by atoms with van der Waals surface area (Å²) in [6, 6.07) is 5.49. The van der Waals surface area contributed by atoms with E-state index in [0.29, 0.717) is 37.1 Å². The molecule has 0 radical (unpaired) electrons. The van der Waals surface area contributed by atoms with Crippen molar-refractivity contribution in [2.45, 2.75) is 63.4 Å². The first-order valence-corrected chi connectivity index (χ1v) is 11.7. The third-order valence-corrected chi connectivity index (χ3v) is 6.95. The van der Waals surface area contributed by atoms with Gasteiger partial charge in [0.15, 0.2) is 6.23 Å². The number of rotatable bonds is 4. The van der Waals surface area contributed by atoms with Crippen LogP contribution in [0.1, 0.15) is 65.9 Å². The van der Waals surface area contributed by atoms with Gasteiger partial charge < -0.3 is 4.74 Å². The van der Waals surface area contributed by atoms with E-state index >= 15 is 0 Å². The molecule has 2 unspecified atom stereocenters. The predicted octanol–water partition coefficient (Wildman–Crippen LogP) is 4.53. The molecule has 0 saturated carbocycles. The van der Waals surface area contributed by atoms with E-state index in [-0.39, 0.29) is 28.6 Å². The van der Waals surface area contributed by atoms with E-state index in [4.69, 9.17) is 16.3 Å². The maximum Gasteiger partial charge on any atom is 0.416 e. The van der Waals surface area contributed by atoms with Crippen LogP contribution < -0.4 is 5.56 Å².